The fourth-order valence-electron chi connectivity index (χ4n) is 10.8. The highest BCUT2D eigenvalue weighted by Gasteiger charge is 2.30. The fourth-order valence-corrected chi connectivity index (χ4v) is 12.4. The van der Waals surface area contributed by atoms with Crippen molar-refractivity contribution < 1.29 is 80.2 Å². The fraction of sp³-hybridized carbons (Fsp3) is 0.892. The molecule has 19 heteroatoms. The number of allylic oxidation sites excluding steroid dienone is 4. The van der Waals surface area contributed by atoms with Crippen LogP contribution < -0.4 is 0 Å². The van der Waals surface area contributed by atoms with Crippen LogP contribution in [0.3, 0.4) is 0 Å². The number of phosphoric ester groups is 2. The minimum Gasteiger partial charge on any atom is -0.462 e. The van der Waals surface area contributed by atoms with Crippen molar-refractivity contribution in [1.82, 2.24) is 0 Å². The summed E-state index contributed by atoms with van der Waals surface area (Å²) in [6, 6.07) is 0. The SMILES string of the molecule is CCCCCC/C=C\C=C/CCCCCCCC(=O)OC[C@H](COP(=O)(O)OC[C@@H](O)COP(=O)(O)OC[C@@H](COC(=O)CCCCCCCCCCCC)OC(=O)CCCCCCCCCCCCCC)OC(=O)CCCCCCCCCCCCCCCC(C)C. The van der Waals surface area contributed by atoms with E-state index in [1.165, 1.54) is 167 Å². The summed E-state index contributed by atoms with van der Waals surface area (Å²) in [5.74, 6) is -1.36. The van der Waals surface area contributed by atoms with Crippen LogP contribution in [0.2, 0.25) is 0 Å². The van der Waals surface area contributed by atoms with Crippen molar-refractivity contribution in [2.75, 3.05) is 39.6 Å². The van der Waals surface area contributed by atoms with Crippen molar-refractivity contribution >= 4 is 39.5 Å². The number of esters is 4. The number of aliphatic hydroxyl groups is 1. The first-order chi connectivity index (χ1) is 45.0. The van der Waals surface area contributed by atoms with Gasteiger partial charge in [0.2, 0.25) is 0 Å². The molecule has 0 aliphatic heterocycles. The third-order valence-corrected chi connectivity index (χ3v) is 18.6. The molecule has 548 valence electrons. The lowest BCUT2D eigenvalue weighted by Gasteiger charge is -2.21. The maximum atomic E-state index is 13.1. The van der Waals surface area contributed by atoms with E-state index in [4.69, 9.17) is 37.0 Å². The molecular weight excluding hydrogens is 1220 g/mol. The lowest BCUT2D eigenvalue weighted by Crippen LogP contribution is -2.30. The van der Waals surface area contributed by atoms with Gasteiger partial charge >= 0.3 is 39.5 Å². The standard InChI is InChI=1S/C74H140O17P2/c1-6-9-12-15-18-21-24-26-27-30-34-38-43-48-53-58-72(77)85-64-70(91-74(79)60-55-50-45-40-35-31-28-29-32-36-41-46-51-56-67(4)5)66-89-93(82,83)87-62-68(75)61-86-92(80,81)88-65-69(63-84-71(76)57-52-47-42-37-23-20-17-14-11-8-3)90-73(78)59-54-49-44-39-33-25-22-19-16-13-10-7-2/h21,24,26-27,67-70,75H,6-20,22-23,25,28-66H2,1-5H3,(H,80,81)(H,82,83)/b24-21-,27-26-/t68-,69+,70+/m0/s1. The van der Waals surface area contributed by atoms with Crippen LogP contribution in [0.4, 0.5) is 0 Å². The molecule has 0 saturated carbocycles. The number of carbonyl (C=O) groups excluding carboxylic acids is 4. The maximum Gasteiger partial charge on any atom is 0.472 e. The zero-order valence-corrected chi connectivity index (χ0v) is 61.7. The molecule has 0 fully saturated rings. The number of unbranched alkanes of at least 4 members (excludes halogenated alkanes) is 41. The summed E-state index contributed by atoms with van der Waals surface area (Å²) in [6.45, 7) is 7.22. The summed E-state index contributed by atoms with van der Waals surface area (Å²) >= 11 is 0. The quantitative estimate of drug-likeness (QED) is 0.0169. The molecule has 0 aromatic rings. The van der Waals surface area contributed by atoms with Crippen LogP contribution in [0.15, 0.2) is 24.3 Å². The van der Waals surface area contributed by atoms with Gasteiger partial charge in [0.15, 0.2) is 12.2 Å². The molecule has 0 aromatic heterocycles. The Morgan fingerprint density at radius 3 is 0.882 bits per heavy atom. The molecule has 0 heterocycles. The van der Waals surface area contributed by atoms with Crippen molar-refractivity contribution in [3.63, 3.8) is 0 Å². The predicted octanol–water partition coefficient (Wildman–Crippen LogP) is 21.2. The van der Waals surface area contributed by atoms with Crippen molar-refractivity contribution in [3.05, 3.63) is 24.3 Å². The van der Waals surface area contributed by atoms with E-state index >= 15 is 0 Å². The van der Waals surface area contributed by atoms with Crippen LogP contribution in [0.5, 0.6) is 0 Å². The van der Waals surface area contributed by atoms with Gasteiger partial charge < -0.3 is 33.8 Å². The van der Waals surface area contributed by atoms with Gasteiger partial charge in [-0.25, -0.2) is 9.13 Å². The van der Waals surface area contributed by atoms with E-state index in [1.54, 1.807) is 0 Å². The average Bonchev–Trinajstić information content (AvgIpc) is 3.52. The van der Waals surface area contributed by atoms with E-state index < -0.39 is 97.5 Å². The van der Waals surface area contributed by atoms with E-state index in [2.05, 4.69) is 58.9 Å². The Morgan fingerprint density at radius 2 is 0.581 bits per heavy atom. The number of phosphoric acid groups is 2. The molecule has 0 amide bonds. The van der Waals surface area contributed by atoms with Crippen molar-refractivity contribution in [2.24, 2.45) is 5.92 Å². The monoisotopic (exact) mass is 1360 g/mol. The minimum absolute atomic E-state index is 0.101. The molecule has 0 spiro atoms. The normalized spacial score (nSPS) is 14.2. The summed E-state index contributed by atoms with van der Waals surface area (Å²) in [5, 5.41) is 10.6. The third-order valence-electron chi connectivity index (χ3n) is 16.7. The summed E-state index contributed by atoms with van der Waals surface area (Å²) in [5.41, 5.74) is 0. The van der Waals surface area contributed by atoms with E-state index in [9.17, 15) is 43.2 Å². The first-order valence-corrected chi connectivity index (χ1v) is 40.9. The van der Waals surface area contributed by atoms with Crippen LogP contribution >= 0.6 is 15.6 Å². The lowest BCUT2D eigenvalue weighted by molar-refractivity contribution is -0.161. The molecule has 2 unspecified atom stereocenters. The van der Waals surface area contributed by atoms with Crippen molar-refractivity contribution in [3.8, 4) is 0 Å². The molecule has 0 radical (unpaired) electrons. The Labute approximate surface area is 567 Å². The van der Waals surface area contributed by atoms with Crippen LogP contribution in [-0.4, -0.2) is 96.7 Å². The van der Waals surface area contributed by atoms with Gasteiger partial charge in [0.1, 0.15) is 19.3 Å². The Balaban J connectivity index is 5.28. The van der Waals surface area contributed by atoms with Crippen LogP contribution in [0.1, 0.15) is 362 Å². The van der Waals surface area contributed by atoms with Gasteiger partial charge in [0, 0.05) is 25.7 Å². The van der Waals surface area contributed by atoms with E-state index in [0.717, 1.165) is 115 Å². The number of ether oxygens (including phenoxy) is 4. The summed E-state index contributed by atoms with van der Waals surface area (Å²) in [7, 11) is -9.92. The number of hydrogen-bond donors (Lipinski definition) is 3. The molecule has 0 saturated heterocycles. The molecule has 0 rings (SSSR count). The number of carbonyl (C=O) groups is 4. The van der Waals surface area contributed by atoms with Crippen molar-refractivity contribution in [1.29, 1.82) is 0 Å². The molecule has 5 atom stereocenters. The zero-order valence-electron chi connectivity index (χ0n) is 59.9. The maximum absolute atomic E-state index is 13.1. The highest BCUT2D eigenvalue weighted by molar-refractivity contribution is 7.47. The van der Waals surface area contributed by atoms with Crippen LogP contribution in [0, 0.1) is 5.92 Å². The molecule has 0 aromatic carbocycles. The van der Waals surface area contributed by atoms with Crippen molar-refractivity contribution in [2.45, 2.75) is 380 Å². The van der Waals surface area contributed by atoms with Gasteiger partial charge in [0.05, 0.1) is 26.4 Å². The summed E-state index contributed by atoms with van der Waals surface area (Å²) in [6.07, 6.45) is 57.5. The molecule has 0 bridgehead atoms. The first kappa shape index (κ1) is 90.5. The first-order valence-electron chi connectivity index (χ1n) is 38.0. The van der Waals surface area contributed by atoms with Gasteiger partial charge in [-0.2, -0.15) is 0 Å². The molecule has 0 aliphatic carbocycles. The third kappa shape index (κ3) is 67.9. The molecule has 17 nitrogen and oxygen atoms in total. The Hall–Kier alpha value is -2.46. The van der Waals surface area contributed by atoms with Gasteiger partial charge in [-0.05, 0) is 57.3 Å². The average molecular weight is 1360 g/mol. The van der Waals surface area contributed by atoms with E-state index in [-0.39, 0.29) is 25.7 Å². The molecule has 93 heavy (non-hydrogen) atoms. The zero-order chi connectivity index (χ0) is 68.4. The van der Waals surface area contributed by atoms with Gasteiger partial charge in [0.25, 0.3) is 0 Å². The Kier molecular flexibility index (Phi) is 65.0. The number of rotatable bonds is 72. The Bertz CT molecular complexity index is 1880. The lowest BCUT2D eigenvalue weighted by atomic mass is 10.0. The van der Waals surface area contributed by atoms with Crippen LogP contribution in [0.25, 0.3) is 0 Å². The highest BCUT2D eigenvalue weighted by atomic mass is 31.2. The van der Waals surface area contributed by atoms with Gasteiger partial charge in [-0.3, -0.25) is 37.3 Å². The smallest absolute Gasteiger partial charge is 0.462 e. The summed E-state index contributed by atoms with van der Waals surface area (Å²) < 4.78 is 68.4. The van der Waals surface area contributed by atoms with Gasteiger partial charge in [-0.1, -0.05) is 309 Å². The molecule has 3 N–H and O–H groups in total. The summed E-state index contributed by atoms with van der Waals surface area (Å²) in [4.78, 5) is 72.7. The Morgan fingerprint density at radius 1 is 0.333 bits per heavy atom. The second-order valence-electron chi connectivity index (χ2n) is 26.5. The predicted molar refractivity (Wildman–Crippen MR) is 377 cm³/mol. The molecular formula is C74H140O17P2. The topological polar surface area (TPSA) is 237 Å². The second-order valence-corrected chi connectivity index (χ2v) is 29.4. The van der Waals surface area contributed by atoms with Gasteiger partial charge in [-0.15, -0.1) is 0 Å². The molecule has 0 aliphatic rings. The van der Waals surface area contributed by atoms with Crippen LogP contribution in [-0.2, 0) is 65.4 Å². The minimum atomic E-state index is -4.96. The van der Waals surface area contributed by atoms with E-state index in [1.807, 2.05) is 0 Å². The number of hydrogen-bond acceptors (Lipinski definition) is 15. The largest absolute Gasteiger partial charge is 0.472 e. The highest BCUT2D eigenvalue weighted by Crippen LogP contribution is 2.45. The number of aliphatic hydroxyl groups excluding tert-OH is 1. The van der Waals surface area contributed by atoms with E-state index in [0.29, 0.717) is 25.7 Å². The second kappa shape index (κ2) is 66.8.